The molecule has 0 spiro atoms. The minimum atomic E-state index is -0.585. The molecule has 0 amide bonds. The van der Waals surface area contributed by atoms with Gasteiger partial charge in [0.05, 0.1) is 11.7 Å². The summed E-state index contributed by atoms with van der Waals surface area (Å²) in [6.45, 7) is 1.38. The van der Waals surface area contributed by atoms with E-state index < -0.39 is 6.29 Å². The first-order valence-electron chi connectivity index (χ1n) is 7.07. The molecule has 2 aromatic rings. The van der Waals surface area contributed by atoms with E-state index >= 15 is 0 Å². The normalized spacial score (nSPS) is 20.9. The maximum atomic E-state index is 11.2. The Labute approximate surface area is 134 Å². The summed E-state index contributed by atoms with van der Waals surface area (Å²) in [5.74, 6) is -0.352. The number of hydroxylamine groups is 1. The summed E-state index contributed by atoms with van der Waals surface area (Å²) < 4.78 is 5.21. The summed E-state index contributed by atoms with van der Waals surface area (Å²) in [4.78, 5) is 17.0. The highest BCUT2D eigenvalue weighted by molar-refractivity contribution is 6.30. The van der Waals surface area contributed by atoms with Crippen LogP contribution >= 0.6 is 11.6 Å². The fourth-order valence-corrected chi connectivity index (χ4v) is 2.67. The molecule has 5 heteroatoms. The Morgan fingerprint density at radius 1 is 1.18 bits per heavy atom. The number of hydrogen-bond donors (Lipinski definition) is 0. The van der Waals surface area contributed by atoms with Gasteiger partial charge in [-0.3, -0.25) is 4.79 Å². The highest BCUT2D eigenvalue weighted by Crippen LogP contribution is 2.38. The van der Waals surface area contributed by atoms with Gasteiger partial charge in [0.2, 0.25) is 6.29 Å². The molecule has 2 aromatic carbocycles. The number of rotatable bonds is 3. The van der Waals surface area contributed by atoms with E-state index in [1.54, 1.807) is 5.06 Å². The molecule has 0 radical (unpaired) electrons. The quantitative estimate of drug-likeness (QED) is 0.798. The SMILES string of the molecule is CC(=O)O[C@H]1C[C@H](c2ccc(Cl)cc2)N(c2ccccc2)O1. The molecule has 1 aliphatic heterocycles. The zero-order valence-corrected chi connectivity index (χ0v) is 12.9. The van der Waals surface area contributed by atoms with Crippen molar-refractivity contribution in [2.75, 3.05) is 5.06 Å². The van der Waals surface area contributed by atoms with Crippen molar-refractivity contribution in [2.24, 2.45) is 0 Å². The topological polar surface area (TPSA) is 38.8 Å². The molecular formula is C17H16ClNO3. The molecule has 0 N–H and O–H groups in total. The average molecular weight is 318 g/mol. The molecule has 114 valence electrons. The van der Waals surface area contributed by atoms with E-state index in [4.69, 9.17) is 21.2 Å². The highest BCUT2D eigenvalue weighted by Gasteiger charge is 2.36. The number of halogens is 1. The lowest BCUT2D eigenvalue weighted by atomic mass is 10.0. The van der Waals surface area contributed by atoms with Gasteiger partial charge >= 0.3 is 5.97 Å². The first-order chi connectivity index (χ1) is 10.6. The van der Waals surface area contributed by atoms with Crippen LogP contribution in [0.2, 0.25) is 5.02 Å². The van der Waals surface area contributed by atoms with Crippen LogP contribution in [-0.4, -0.2) is 12.3 Å². The van der Waals surface area contributed by atoms with Crippen molar-refractivity contribution in [3.8, 4) is 0 Å². The minimum Gasteiger partial charge on any atom is -0.434 e. The predicted octanol–water partition coefficient (Wildman–Crippen LogP) is 4.11. The van der Waals surface area contributed by atoms with Crippen LogP contribution in [-0.2, 0) is 14.4 Å². The number of anilines is 1. The second kappa shape index (κ2) is 6.38. The second-order valence-corrected chi connectivity index (χ2v) is 5.55. The lowest BCUT2D eigenvalue weighted by molar-refractivity contribution is -0.168. The second-order valence-electron chi connectivity index (χ2n) is 5.11. The largest absolute Gasteiger partial charge is 0.434 e. The molecule has 0 aliphatic carbocycles. The number of nitrogens with zero attached hydrogens (tertiary/aromatic N) is 1. The van der Waals surface area contributed by atoms with Crippen LogP contribution in [0.5, 0.6) is 0 Å². The van der Waals surface area contributed by atoms with Gasteiger partial charge in [0.25, 0.3) is 0 Å². The molecule has 0 aromatic heterocycles. The van der Waals surface area contributed by atoms with Gasteiger partial charge < -0.3 is 4.74 Å². The third kappa shape index (κ3) is 3.24. The first-order valence-corrected chi connectivity index (χ1v) is 7.45. The fraction of sp³-hybridized carbons (Fsp3) is 0.235. The van der Waals surface area contributed by atoms with E-state index in [1.807, 2.05) is 54.6 Å². The standard InChI is InChI=1S/C17H16ClNO3/c1-12(20)21-17-11-16(13-7-9-14(18)10-8-13)19(22-17)15-5-3-2-4-6-15/h2-10,16-17H,11H2,1H3/t16-,17-/m1/s1. The molecule has 0 bridgehead atoms. The molecule has 0 unspecified atom stereocenters. The monoisotopic (exact) mass is 317 g/mol. The summed E-state index contributed by atoms with van der Waals surface area (Å²) in [5, 5.41) is 2.47. The van der Waals surface area contributed by atoms with Gasteiger partial charge in [0.15, 0.2) is 0 Å². The van der Waals surface area contributed by atoms with Crippen molar-refractivity contribution in [1.29, 1.82) is 0 Å². The molecule has 1 fully saturated rings. The number of benzene rings is 2. The van der Waals surface area contributed by atoms with E-state index in [0.29, 0.717) is 11.4 Å². The van der Waals surface area contributed by atoms with Crippen LogP contribution in [0.25, 0.3) is 0 Å². The van der Waals surface area contributed by atoms with Crippen molar-refractivity contribution in [3.05, 3.63) is 65.2 Å². The van der Waals surface area contributed by atoms with Crippen LogP contribution in [0.1, 0.15) is 24.9 Å². The van der Waals surface area contributed by atoms with E-state index in [2.05, 4.69) is 0 Å². The van der Waals surface area contributed by atoms with Crippen LogP contribution in [0, 0.1) is 0 Å². The van der Waals surface area contributed by atoms with Gasteiger partial charge in [-0.2, -0.15) is 0 Å². The van der Waals surface area contributed by atoms with Crippen LogP contribution in [0.3, 0.4) is 0 Å². The number of carbonyl (C=O) groups excluding carboxylic acids is 1. The van der Waals surface area contributed by atoms with Gasteiger partial charge in [-0.05, 0) is 29.8 Å². The van der Waals surface area contributed by atoms with Gasteiger partial charge in [-0.1, -0.05) is 41.9 Å². The maximum Gasteiger partial charge on any atom is 0.305 e. The molecule has 3 rings (SSSR count). The molecule has 1 saturated heterocycles. The number of ether oxygens (including phenoxy) is 1. The molecular weight excluding hydrogens is 302 g/mol. The predicted molar refractivity (Wildman–Crippen MR) is 84.4 cm³/mol. The Morgan fingerprint density at radius 2 is 1.86 bits per heavy atom. The minimum absolute atomic E-state index is 0.0379. The molecule has 2 atom stereocenters. The van der Waals surface area contributed by atoms with Crippen molar-refractivity contribution >= 4 is 23.3 Å². The van der Waals surface area contributed by atoms with Crippen molar-refractivity contribution < 1.29 is 14.4 Å². The average Bonchev–Trinajstić information content (AvgIpc) is 2.92. The summed E-state index contributed by atoms with van der Waals surface area (Å²) in [6.07, 6.45) is -0.0192. The summed E-state index contributed by atoms with van der Waals surface area (Å²) in [7, 11) is 0. The van der Waals surface area contributed by atoms with Gasteiger partial charge in [0, 0.05) is 18.4 Å². The smallest absolute Gasteiger partial charge is 0.305 e. The Bertz CT molecular complexity index is 645. The molecule has 1 aliphatic rings. The third-order valence-corrected chi connectivity index (χ3v) is 3.74. The maximum absolute atomic E-state index is 11.2. The Hall–Kier alpha value is -2.04. The summed E-state index contributed by atoms with van der Waals surface area (Å²) in [5.41, 5.74) is 1.97. The molecule has 0 saturated carbocycles. The third-order valence-electron chi connectivity index (χ3n) is 3.49. The van der Waals surface area contributed by atoms with Gasteiger partial charge in [-0.25, -0.2) is 9.90 Å². The van der Waals surface area contributed by atoms with Crippen molar-refractivity contribution in [3.63, 3.8) is 0 Å². The lowest BCUT2D eigenvalue weighted by Crippen LogP contribution is -2.23. The Balaban J connectivity index is 1.89. The van der Waals surface area contributed by atoms with Crippen LogP contribution in [0.15, 0.2) is 54.6 Å². The number of para-hydroxylation sites is 1. The van der Waals surface area contributed by atoms with E-state index in [-0.39, 0.29) is 12.0 Å². The van der Waals surface area contributed by atoms with Crippen LogP contribution in [0.4, 0.5) is 5.69 Å². The zero-order chi connectivity index (χ0) is 15.5. The van der Waals surface area contributed by atoms with Crippen LogP contribution < -0.4 is 5.06 Å². The zero-order valence-electron chi connectivity index (χ0n) is 12.1. The van der Waals surface area contributed by atoms with Crippen molar-refractivity contribution in [2.45, 2.75) is 25.7 Å². The first kappa shape index (κ1) is 14.9. The Kier molecular flexibility index (Phi) is 4.32. The molecule has 1 heterocycles. The van der Waals surface area contributed by atoms with E-state index in [1.165, 1.54) is 6.92 Å². The Morgan fingerprint density at radius 3 is 2.50 bits per heavy atom. The van der Waals surface area contributed by atoms with Gasteiger partial charge in [0.1, 0.15) is 0 Å². The van der Waals surface area contributed by atoms with E-state index in [0.717, 1.165) is 11.3 Å². The fourth-order valence-electron chi connectivity index (χ4n) is 2.55. The molecule has 4 nitrogen and oxygen atoms in total. The summed E-state index contributed by atoms with van der Waals surface area (Å²) >= 11 is 5.96. The highest BCUT2D eigenvalue weighted by atomic mass is 35.5. The van der Waals surface area contributed by atoms with Gasteiger partial charge in [-0.15, -0.1) is 0 Å². The summed E-state index contributed by atoms with van der Waals surface area (Å²) in [6, 6.07) is 17.3. The van der Waals surface area contributed by atoms with E-state index in [9.17, 15) is 4.79 Å². The molecule has 22 heavy (non-hydrogen) atoms. The lowest BCUT2D eigenvalue weighted by Gasteiger charge is -2.24. The number of esters is 1. The number of carbonyl (C=O) groups is 1. The number of hydrogen-bond acceptors (Lipinski definition) is 4. The van der Waals surface area contributed by atoms with Crippen molar-refractivity contribution in [1.82, 2.24) is 0 Å².